The highest BCUT2D eigenvalue weighted by Crippen LogP contribution is 2.33. The number of esters is 1. The van der Waals surface area contributed by atoms with Gasteiger partial charge in [0.2, 0.25) is 0 Å². The molecule has 1 aromatic heterocycles. The van der Waals surface area contributed by atoms with Crippen LogP contribution < -0.4 is 5.73 Å². The Labute approximate surface area is 115 Å². The van der Waals surface area contributed by atoms with Crippen LogP contribution in [0.25, 0.3) is 0 Å². The fourth-order valence-electron chi connectivity index (χ4n) is 1.49. The average molecular weight is 278 g/mol. The fourth-order valence-corrected chi connectivity index (χ4v) is 2.33. The number of para-hydroxylation sites is 1. The second-order valence-corrected chi connectivity index (χ2v) is 4.79. The molecule has 1 heterocycles. The summed E-state index contributed by atoms with van der Waals surface area (Å²) in [4.78, 5) is 16.6. The van der Waals surface area contributed by atoms with Crippen LogP contribution >= 0.6 is 11.8 Å². The number of oxazole rings is 1. The minimum absolute atomic E-state index is 0.314. The summed E-state index contributed by atoms with van der Waals surface area (Å²) < 4.78 is 10.2. The Balaban J connectivity index is 2.27. The van der Waals surface area contributed by atoms with Crippen molar-refractivity contribution in [3.63, 3.8) is 0 Å². The van der Waals surface area contributed by atoms with E-state index in [9.17, 15) is 4.79 Å². The summed E-state index contributed by atoms with van der Waals surface area (Å²) in [5, 5.41) is 0.491. The summed E-state index contributed by atoms with van der Waals surface area (Å²) in [5.41, 5.74) is 7.51. The van der Waals surface area contributed by atoms with Crippen molar-refractivity contribution in [3.8, 4) is 0 Å². The van der Waals surface area contributed by atoms with Crippen molar-refractivity contribution in [2.75, 3.05) is 12.3 Å². The monoisotopic (exact) mass is 278 g/mol. The quantitative estimate of drug-likeness (QED) is 0.684. The molecule has 0 fully saturated rings. The Morgan fingerprint density at radius 3 is 2.95 bits per heavy atom. The highest BCUT2D eigenvalue weighted by atomic mass is 32.2. The first-order chi connectivity index (χ1) is 9.11. The highest BCUT2D eigenvalue weighted by molar-refractivity contribution is 7.99. The molecule has 0 aliphatic rings. The van der Waals surface area contributed by atoms with Gasteiger partial charge in [-0.3, -0.25) is 0 Å². The van der Waals surface area contributed by atoms with Crippen LogP contribution in [0.3, 0.4) is 0 Å². The van der Waals surface area contributed by atoms with Gasteiger partial charge in [-0.05, 0) is 37.7 Å². The van der Waals surface area contributed by atoms with Crippen LogP contribution in [0.15, 0.2) is 39.0 Å². The third kappa shape index (κ3) is 3.08. The Bertz CT molecular complexity index is 595. The SMILES string of the molecule is CCOC(=O)c1cccc(Sc2nc(C)co2)c1N. The summed E-state index contributed by atoms with van der Waals surface area (Å²) >= 11 is 1.27. The van der Waals surface area contributed by atoms with Crippen molar-refractivity contribution >= 4 is 23.4 Å². The summed E-state index contributed by atoms with van der Waals surface area (Å²) in [6.07, 6.45) is 1.56. The molecule has 0 aliphatic heterocycles. The van der Waals surface area contributed by atoms with Gasteiger partial charge in [-0.1, -0.05) is 6.07 Å². The van der Waals surface area contributed by atoms with Crippen LogP contribution in [0, 0.1) is 6.92 Å². The number of rotatable bonds is 4. The van der Waals surface area contributed by atoms with Crippen LogP contribution in [0.1, 0.15) is 23.0 Å². The van der Waals surface area contributed by atoms with Crippen molar-refractivity contribution in [2.24, 2.45) is 0 Å². The van der Waals surface area contributed by atoms with Gasteiger partial charge < -0.3 is 14.9 Å². The number of nitrogens with two attached hydrogens (primary N) is 1. The van der Waals surface area contributed by atoms with E-state index in [1.807, 2.05) is 13.0 Å². The van der Waals surface area contributed by atoms with Gasteiger partial charge in [-0.15, -0.1) is 0 Å². The smallest absolute Gasteiger partial charge is 0.340 e. The molecule has 6 heteroatoms. The lowest BCUT2D eigenvalue weighted by atomic mass is 10.2. The molecule has 2 N–H and O–H groups in total. The van der Waals surface area contributed by atoms with E-state index in [1.54, 1.807) is 25.3 Å². The number of hydrogen-bond donors (Lipinski definition) is 1. The number of ether oxygens (including phenoxy) is 1. The molecule has 0 aliphatic carbocycles. The summed E-state index contributed by atoms with van der Waals surface area (Å²) in [7, 11) is 0. The van der Waals surface area contributed by atoms with Gasteiger partial charge in [-0.25, -0.2) is 9.78 Å². The van der Waals surface area contributed by atoms with Crippen LogP contribution in [-0.2, 0) is 4.74 Å². The Morgan fingerprint density at radius 2 is 2.32 bits per heavy atom. The average Bonchev–Trinajstić information content (AvgIpc) is 2.78. The van der Waals surface area contributed by atoms with E-state index in [4.69, 9.17) is 14.9 Å². The second kappa shape index (κ2) is 5.79. The van der Waals surface area contributed by atoms with Crippen molar-refractivity contribution in [1.29, 1.82) is 0 Å². The lowest BCUT2D eigenvalue weighted by Gasteiger charge is -2.08. The van der Waals surface area contributed by atoms with E-state index in [0.29, 0.717) is 28.0 Å². The molecule has 0 saturated heterocycles. The zero-order valence-electron chi connectivity index (χ0n) is 10.7. The van der Waals surface area contributed by atoms with E-state index in [1.165, 1.54) is 11.8 Å². The van der Waals surface area contributed by atoms with Crippen molar-refractivity contribution < 1.29 is 13.9 Å². The molecule has 0 radical (unpaired) electrons. The number of aromatic nitrogens is 1. The molecule has 0 atom stereocenters. The molecule has 2 aromatic rings. The second-order valence-electron chi connectivity index (χ2n) is 3.79. The predicted octanol–water partition coefficient (Wildman–Crippen LogP) is 2.89. The number of nitrogens with zero attached hydrogens (tertiary/aromatic N) is 1. The number of nitrogen functional groups attached to an aromatic ring is 1. The fraction of sp³-hybridized carbons (Fsp3) is 0.231. The summed E-state index contributed by atoms with van der Waals surface area (Å²) in [6.45, 7) is 3.91. The van der Waals surface area contributed by atoms with Crippen LogP contribution in [-0.4, -0.2) is 17.6 Å². The first-order valence-corrected chi connectivity index (χ1v) is 6.59. The largest absolute Gasteiger partial charge is 0.462 e. The van der Waals surface area contributed by atoms with Crippen molar-refractivity contribution in [2.45, 2.75) is 24.0 Å². The number of benzene rings is 1. The van der Waals surface area contributed by atoms with Crippen LogP contribution in [0.2, 0.25) is 0 Å². The molecule has 1 aromatic carbocycles. The first kappa shape index (κ1) is 13.5. The molecular formula is C13H14N2O3S. The van der Waals surface area contributed by atoms with Gasteiger partial charge in [0, 0.05) is 4.90 Å². The van der Waals surface area contributed by atoms with Gasteiger partial charge in [-0.2, -0.15) is 0 Å². The zero-order chi connectivity index (χ0) is 13.8. The molecule has 0 bridgehead atoms. The lowest BCUT2D eigenvalue weighted by molar-refractivity contribution is 0.0527. The Hall–Kier alpha value is -1.95. The maximum Gasteiger partial charge on any atom is 0.340 e. The van der Waals surface area contributed by atoms with E-state index >= 15 is 0 Å². The molecular weight excluding hydrogens is 264 g/mol. The number of hydrogen-bond acceptors (Lipinski definition) is 6. The van der Waals surface area contributed by atoms with E-state index < -0.39 is 5.97 Å². The Morgan fingerprint density at radius 1 is 1.53 bits per heavy atom. The first-order valence-electron chi connectivity index (χ1n) is 5.77. The van der Waals surface area contributed by atoms with Gasteiger partial charge in [0.25, 0.3) is 5.22 Å². The topological polar surface area (TPSA) is 78.3 Å². The number of carbonyl (C=O) groups excluding carboxylic acids is 1. The number of anilines is 1. The van der Waals surface area contributed by atoms with E-state index in [2.05, 4.69) is 4.98 Å². The predicted molar refractivity (Wildman–Crippen MR) is 72.2 cm³/mol. The van der Waals surface area contributed by atoms with E-state index in [-0.39, 0.29) is 0 Å². The van der Waals surface area contributed by atoms with Gasteiger partial charge in [0.05, 0.1) is 23.6 Å². The zero-order valence-corrected chi connectivity index (χ0v) is 11.5. The highest BCUT2D eigenvalue weighted by Gasteiger charge is 2.15. The molecule has 0 saturated carbocycles. The summed E-state index contributed by atoms with van der Waals surface area (Å²) in [6, 6.07) is 5.20. The molecule has 19 heavy (non-hydrogen) atoms. The maximum atomic E-state index is 11.7. The normalized spacial score (nSPS) is 10.4. The third-order valence-corrected chi connectivity index (χ3v) is 3.29. The summed E-state index contributed by atoms with van der Waals surface area (Å²) in [5.74, 6) is -0.425. The minimum Gasteiger partial charge on any atom is -0.462 e. The number of carbonyl (C=O) groups is 1. The maximum absolute atomic E-state index is 11.7. The molecule has 0 unspecified atom stereocenters. The van der Waals surface area contributed by atoms with Crippen molar-refractivity contribution in [3.05, 3.63) is 35.7 Å². The Kier molecular flexibility index (Phi) is 4.11. The van der Waals surface area contributed by atoms with Gasteiger partial charge >= 0.3 is 5.97 Å². The molecule has 0 spiro atoms. The van der Waals surface area contributed by atoms with Crippen molar-refractivity contribution in [1.82, 2.24) is 4.98 Å². The molecule has 0 amide bonds. The van der Waals surface area contributed by atoms with Crippen LogP contribution in [0.5, 0.6) is 0 Å². The standard InChI is InChI=1S/C13H14N2O3S/c1-3-17-12(16)9-5-4-6-10(11(9)14)19-13-15-8(2)7-18-13/h4-7H,3,14H2,1-2H3. The number of aryl methyl sites for hydroxylation is 1. The molecule has 2 rings (SSSR count). The third-order valence-electron chi connectivity index (χ3n) is 2.36. The molecule has 5 nitrogen and oxygen atoms in total. The van der Waals surface area contributed by atoms with Gasteiger partial charge in [0.1, 0.15) is 6.26 Å². The van der Waals surface area contributed by atoms with E-state index in [0.717, 1.165) is 5.69 Å². The molecule has 100 valence electrons. The van der Waals surface area contributed by atoms with Gasteiger partial charge in [0.15, 0.2) is 0 Å². The lowest BCUT2D eigenvalue weighted by Crippen LogP contribution is -2.08. The van der Waals surface area contributed by atoms with Crippen LogP contribution in [0.4, 0.5) is 5.69 Å². The minimum atomic E-state index is -0.425.